The molecule has 0 fully saturated rings. The lowest BCUT2D eigenvalue weighted by Crippen LogP contribution is -2.10. The topological polar surface area (TPSA) is 6.48 Å². The molecule has 0 heterocycles. The maximum atomic E-state index is 2.32. The molecule has 0 aliphatic heterocycles. The van der Waals surface area contributed by atoms with Crippen LogP contribution in [0.1, 0.15) is 44.5 Å². The summed E-state index contributed by atoms with van der Waals surface area (Å²) in [6, 6.07) is 60.8. The van der Waals surface area contributed by atoms with Crippen LogP contribution in [-0.4, -0.2) is 0 Å². The van der Waals surface area contributed by atoms with E-state index in [2.05, 4.69) is 232 Å². The molecular weight excluding hydrogens is 629 g/mol. The van der Waals surface area contributed by atoms with E-state index in [0.29, 0.717) is 0 Å². The fourth-order valence-electron chi connectivity index (χ4n) is 6.83. The Bertz CT molecular complexity index is 2110. The van der Waals surface area contributed by atoms with Gasteiger partial charge in [-0.1, -0.05) is 115 Å². The summed E-state index contributed by atoms with van der Waals surface area (Å²) in [5, 5.41) is 0. The van der Waals surface area contributed by atoms with Crippen LogP contribution in [0.2, 0.25) is 0 Å². The van der Waals surface area contributed by atoms with Crippen molar-refractivity contribution in [3.8, 4) is 0 Å². The summed E-state index contributed by atoms with van der Waals surface area (Å²) in [6.45, 7) is 8.62. The third-order valence-electron chi connectivity index (χ3n) is 9.11. The highest BCUT2D eigenvalue weighted by molar-refractivity contribution is 5.81. The monoisotopic (exact) mass is 672 g/mol. The lowest BCUT2D eigenvalue weighted by Gasteiger charge is -2.26. The van der Waals surface area contributed by atoms with Crippen molar-refractivity contribution in [1.29, 1.82) is 0 Å². The quantitative estimate of drug-likeness (QED) is 0.133. The summed E-state index contributed by atoms with van der Waals surface area (Å²) in [5.74, 6) is 0. The van der Waals surface area contributed by atoms with E-state index in [1.807, 2.05) is 0 Å². The Morgan fingerprint density at radius 3 is 0.962 bits per heavy atom. The summed E-state index contributed by atoms with van der Waals surface area (Å²) in [7, 11) is 0. The highest BCUT2D eigenvalue weighted by atomic mass is 15.1. The average molecular weight is 673 g/mol. The van der Waals surface area contributed by atoms with Crippen LogP contribution in [0.5, 0.6) is 0 Å². The van der Waals surface area contributed by atoms with Gasteiger partial charge in [0, 0.05) is 34.1 Å². The molecular formula is C50H44N2. The zero-order valence-electron chi connectivity index (χ0n) is 30.4. The molecule has 7 rings (SSSR count). The first-order valence-corrected chi connectivity index (χ1v) is 17.9. The first-order valence-electron chi connectivity index (χ1n) is 17.9. The van der Waals surface area contributed by atoms with Gasteiger partial charge in [-0.2, -0.15) is 0 Å². The molecule has 0 aliphatic rings. The molecule has 7 aromatic rings. The van der Waals surface area contributed by atoms with Crippen molar-refractivity contribution < 1.29 is 0 Å². The summed E-state index contributed by atoms with van der Waals surface area (Å²) in [5.41, 5.74) is 16.5. The fourth-order valence-corrected chi connectivity index (χ4v) is 6.83. The van der Waals surface area contributed by atoms with Gasteiger partial charge < -0.3 is 9.80 Å². The molecule has 0 N–H and O–H groups in total. The second kappa shape index (κ2) is 15.7. The summed E-state index contributed by atoms with van der Waals surface area (Å²) < 4.78 is 0. The Morgan fingerprint density at radius 1 is 0.269 bits per heavy atom. The van der Waals surface area contributed by atoms with Crippen LogP contribution in [0.15, 0.2) is 170 Å². The van der Waals surface area contributed by atoms with Crippen LogP contribution in [0.3, 0.4) is 0 Å². The predicted octanol–water partition coefficient (Wildman–Crippen LogP) is 14.2. The maximum absolute atomic E-state index is 2.32. The minimum Gasteiger partial charge on any atom is -0.310 e. The highest BCUT2D eigenvalue weighted by Gasteiger charge is 2.14. The van der Waals surface area contributed by atoms with E-state index in [1.165, 1.54) is 33.6 Å². The van der Waals surface area contributed by atoms with Crippen molar-refractivity contribution in [1.82, 2.24) is 0 Å². The van der Waals surface area contributed by atoms with Crippen LogP contribution in [0.25, 0.3) is 24.3 Å². The van der Waals surface area contributed by atoms with Gasteiger partial charge in [0.05, 0.1) is 0 Å². The van der Waals surface area contributed by atoms with Gasteiger partial charge in [-0.3, -0.25) is 0 Å². The van der Waals surface area contributed by atoms with Gasteiger partial charge in [0.1, 0.15) is 0 Å². The molecule has 0 atom stereocenters. The Balaban J connectivity index is 1.06. The smallest absolute Gasteiger partial charge is 0.0466 e. The number of aryl methyl sites for hydroxylation is 4. The van der Waals surface area contributed by atoms with Crippen LogP contribution in [0, 0.1) is 27.7 Å². The molecule has 0 unspecified atom stereocenters. The second-order valence-electron chi connectivity index (χ2n) is 13.6. The van der Waals surface area contributed by atoms with Gasteiger partial charge in [-0.05, 0) is 151 Å². The molecule has 0 radical (unpaired) electrons. The third-order valence-corrected chi connectivity index (χ3v) is 9.11. The third kappa shape index (κ3) is 8.31. The lowest BCUT2D eigenvalue weighted by molar-refractivity contribution is 1.25. The Labute approximate surface area is 309 Å². The Kier molecular flexibility index (Phi) is 10.3. The summed E-state index contributed by atoms with van der Waals surface area (Å²) in [6.07, 6.45) is 8.74. The van der Waals surface area contributed by atoms with E-state index in [-0.39, 0.29) is 0 Å². The maximum Gasteiger partial charge on any atom is 0.0466 e. The number of benzene rings is 7. The largest absolute Gasteiger partial charge is 0.310 e. The number of anilines is 6. The van der Waals surface area contributed by atoms with Crippen molar-refractivity contribution in [3.05, 3.63) is 214 Å². The molecule has 0 saturated heterocycles. The van der Waals surface area contributed by atoms with Gasteiger partial charge in [-0.15, -0.1) is 0 Å². The van der Waals surface area contributed by atoms with Crippen LogP contribution in [-0.2, 0) is 0 Å². The van der Waals surface area contributed by atoms with Crippen molar-refractivity contribution in [2.75, 3.05) is 9.80 Å². The van der Waals surface area contributed by atoms with Crippen molar-refractivity contribution in [2.45, 2.75) is 27.7 Å². The first kappa shape index (κ1) is 34.1. The number of para-hydroxylation sites is 2. The molecule has 0 amide bonds. The standard InChI is InChI=1S/C50H44N2/c1-37-30-38(2)33-49(32-37)51(45-14-7-5-8-15-45)47-26-22-41(23-27-47)18-20-43-12-11-13-44(36-43)21-19-42-24-28-48(29-25-42)52(46-16-9-6-10-17-46)50-34-39(3)31-40(4)35-50/h5-36H,1-4H3/b20-18+,21-19+. The molecule has 0 spiro atoms. The molecule has 0 saturated carbocycles. The van der Waals surface area contributed by atoms with Gasteiger partial charge in [0.25, 0.3) is 0 Å². The minimum absolute atomic E-state index is 1.13. The van der Waals surface area contributed by atoms with E-state index in [1.54, 1.807) is 0 Å². The molecule has 52 heavy (non-hydrogen) atoms. The number of rotatable bonds is 10. The summed E-state index contributed by atoms with van der Waals surface area (Å²) >= 11 is 0. The predicted molar refractivity (Wildman–Crippen MR) is 225 cm³/mol. The Morgan fingerprint density at radius 2 is 0.596 bits per heavy atom. The lowest BCUT2D eigenvalue weighted by atomic mass is 10.1. The van der Waals surface area contributed by atoms with E-state index in [9.17, 15) is 0 Å². The second-order valence-corrected chi connectivity index (χ2v) is 13.6. The normalized spacial score (nSPS) is 11.3. The van der Waals surface area contributed by atoms with Crippen molar-refractivity contribution >= 4 is 58.4 Å². The Hall–Kier alpha value is -6.38. The van der Waals surface area contributed by atoms with E-state index in [0.717, 1.165) is 45.0 Å². The molecule has 0 bridgehead atoms. The number of nitrogens with zero attached hydrogens (tertiary/aromatic N) is 2. The number of hydrogen-bond donors (Lipinski definition) is 0. The van der Waals surface area contributed by atoms with Crippen LogP contribution >= 0.6 is 0 Å². The fraction of sp³-hybridized carbons (Fsp3) is 0.0800. The zero-order valence-corrected chi connectivity index (χ0v) is 30.4. The van der Waals surface area contributed by atoms with Crippen molar-refractivity contribution in [2.24, 2.45) is 0 Å². The molecule has 7 aromatic carbocycles. The molecule has 2 heteroatoms. The SMILES string of the molecule is Cc1cc(C)cc(N(c2ccccc2)c2ccc(/C=C/c3cccc(/C=C/c4ccc(N(c5ccccc5)c5cc(C)cc(C)c5)cc4)c3)cc2)c1. The van der Waals surface area contributed by atoms with E-state index < -0.39 is 0 Å². The average Bonchev–Trinajstić information content (AvgIpc) is 3.15. The molecule has 254 valence electrons. The molecule has 0 aromatic heterocycles. The van der Waals surface area contributed by atoms with E-state index in [4.69, 9.17) is 0 Å². The minimum atomic E-state index is 1.13. The van der Waals surface area contributed by atoms with E-state index >= 15 is 0 Å². The van der Waals surface area contributed by atoms with Gasteiger partial charge in [-0.25, -0.2) is 0 Å². The van der Waals surface area contributed by atoms with Crippen LogP contribution < -0.4 is 9.80 Å². The number of hydrogen-bond acceptors (Lipinski definition) is 2. The van der Waals surface area contributed by atoms with Gasteiger partial charge >= 0.3 is 0 Å². The first-order chi connectivity index (χ1) is 25.4. The zero-order chi connectivity index (χ0) is 35.9. The van der Waals surface area contributed by atoms with Gasteiger partial charge in [0.2, 0.25) is 0 Å². The molecule has 2 nitrogen and oxygen atoms in total. The highest BCUT2D eigenvalue weighted by Crippen LogP contribution is 2.37. The van der Waals surface area contributed by atoms with Gasteiger partial charge in [0.15, 0.2) is 0 Å². The van der Waals surface area contributed by atoms with Crippen molar-refractivity contribution in [3.63, 3.8) is 0 Å². The summed E-state index contributed by atoms with van der Waals surface area (Å²) in [4.78, 5) is 4.64. The van der Waals surface area contributed by atoms with Crippen LogP contribution in [0.4, 0.5) is 34.1 Å². The molecule has 0 aliphatic carbocycles.